The molecule has 0 spiro atoms. The zero-order chi connectivity index (χ0) is 30.4. The van der Waals surface area contributed by atoms with Crippen molar-refractivity contribution in [1.29, 1.82) is 0 Å². The molecule has 3 amide bonds. The van der Waals surface area contributed by atoms with E-state index in [9.17, 15) is 18.8 Å². The van der Waals surface area contributed by atoms with Gasteiger partial charge in [0.25, 0.3) is 11.8 Å². The summed E-state index contributed by atoms with van der Waals surface area (Å²) in [5.74, 6) is -0.829. The molecule has 1 aliphatic heterocycles. The molecule has 2 aromatic carbocycles. The summed E-state index contributed by atoms with van der Waals surface area (Å²) < 4.78 is 13.8. The van der Waals surface area contributed by atoms with E-state index in [1.54, 1.807) is 42.5 Å². The SMILES string of the molecule is CCCCCNC(=O)CN(CC(=O)N(C)N1Cc2ccc(F)cc2C1)c1cc(-c2nc(C(=O)N(C)C)cs2)ccc1C. The lowest BCUT2D eigenvalue weighted by atomic mass is 10.1. The Morgan fingerprint density at radius 2 is 1.79 bits per heavy atom. The highest BCUT2D eigenvalue weighted by Crippen LogP contribution is 2.31. The summed E-state index contributed by atoms with van der Waals surface area (Å²) in [5.41, 5.74) is 4.65. The van der Waals surface area contributed by atoms with E-state index < -0.39 is 0 Å². The maximum absolute atomic E-state index is 13.8. The number of unbranched alkanes of at least 4 members (excludes halogenated alkanes) is 2. The van der Waals surface area contributed by atoms with E-state index in [0.717, 1.165) is 47.2 Å². The summed E-state index contributed by atoms with van der Waals surface area (Å²) in [7, 11) is 5.07. The van der Waals surface area contributed by atoms with Gasteiger partial charge in [-0.25, -0.2) is 14.4 Å². The maximum atomic E-state index is 13.8. The Balaban J connectivity index is 1.56. The topological polar surface area (TPSA) is 89.1 Å². The first-order valence-electron chi connectivity index (χ1n) is 14.2. The predicted molar refractivity (Wildman–Crippen MR) is 163 cm³/mol. The fourth-order valence-corrected chi connectivity index (χ4v) is 5.65. The van der Waals surface area contributed by atoms with Crippen LogP contribution in [0.1, 0.15) is 53.4 Å². The van der Waals surface area contributed by atoms with Crippen LogP contribution in [-0.2, 0) is 22.7 Å². The fraction of sp³-hybridized carbons (Fsp3) is 0.419. The van der Waals surface area contributed by atoms with Gasteiger partial charge in [0, 0.05) is 57.4 Å². The molecule has 0 radical (unpaired) electrons. The molecule has 2 heterocycles. The number of fused-ring (bicyclic) bond motifs is 1. The highest BCUT2D eigenvalue weighted by molar-refractivity contribution is 7.13. The highest BCUT2D eigenvalue weighted by Gasteiger charge is 2.28. The number of carbonyl (C=O) groups excluding carboxylic acids is 3. The summed E-state index contributed by atoms with van der Waals surface area (Å²) >= 11 is 1.37. The van der Waals surface area contributed by atoms with Crippen molar-refractivity contribution in [2.75, 3.05) is 45.7 Å². The molecule has 0 saturated carbocycles. The van der Waals surface area contributed by atoms with Crippen LogP contribution >= 0.6 is 11.3 Å². The molecule has 11 heteroatoms. The van der Waals surface area contributed by atoms with Gasteiger partial charge >= 0.3 is 0 Å². The van der Waals surface area contributed by atoms with Crippen molar-refractivity contribution in [3.8, 4) is 10.6 Å². The van der Waals surface area contributed by atoms with Crippen LogP contribution in [0, 0.1) is 12.7 Å². The number of nitrogens with zero attached hydrogens (tertiary/aromatic N) is 5. The molecule has 9 nitrogen and oxygen atoms in total. The largest absolute Gasteiger partial charge is 0.355 e. The molecule has 0 fully saturated rings. The van der Waals surface area contributed by atoms with Crippen molar-refractivity contribution in [3.05, 3.63) is 70.0 Å². The Labute approximate surface area is 250 Å². The number of thiazole rings is 1. The lowest BCUT2D eigenvalue weighted by Crippen LogP contribution is -2.48. The molecule has 1 N–H and O–H groups in total. The molecule has 0 unspecified atom stereocenters. The molecule has 4 rings (SSSR count). The Morgan fingerprint density at radius 1 is 1.02 bits per heavy atom. The number of benzene rings is 2. The monoisotopic (exact) mass is 594 g/mol. The first kappa shape index (κ1) is 31.1. The van der Waals surface area contributed by atoms with E-state index in [2.05, 4.69) is 17.2 Å². The van der Waals surface area contributed by atoms with Gasteiger partial charge in [-0.3, -0.25) is 19.4 Å². The molecule has 0 saturated heterocycles. The molecule has 0 aliphatic carbocycles. The lowest BCUT2D eigenvalue weighted by Gasteiger charge is -2.32. The predicted octanol–water partition coefficient (Wildman–Crippen LogP) is 4.46. The molecule has 1 aromatic heterocycles. The van der Waals surface area contributed by atoms with Crippen LogP contribution in [0.25, 0.3) is 10.6 Å². The Kier molecular flexibility index (Phi) is 10.3. The molecule has 224 valence electrons. The third kappa shape index (κ3) is 7.51. The molecule has 0 atom stereocenters. The van der Waals surface area contributed by atoms with E-state index in [-0.39, 0.29) is 36.6 Å². The lowest BCUT2D eigenvalue weighted by molar-refractivity contribution is -0.145. The number of likely N-dealkylation sites (N-methyl/N-ethyl adjacent to an activating group) is 1. The molecular formula is C31H39FN6O3S. The second-order valence-corrected chi connectivity index (χ2v) is 11.7. The van der Waals surface area contributed by atoms with Gasteiger partial charge in [-0.2, -0.15) is 0 Å². The number of halogens is 1. The summed E-state index contributed by atoms with van der Waals surface area (Å²) in [6.45, 7) is 5.53. The quantitative estimate of drug-likeness (QED) is 0.312. The van der Waals surface area contributed by atoms with Gasteiger partial charge in [0.15, 0.2) is 0 Å². The van der Waals surface area contributed by atoms with Crippen molar-refractivity contribution < 1.29 is 18.8 Å². The van der Waals surface area contributed by atoms with E-state index in [1.165, 1.54) is 28.4 Å². The number of anilines is 1. The maximum Gasteiger partial charge on any atom is 0.272 e. The van der Waals surface area contributed by atoms with Gasteiger partial charge < -0.3 is 15.1 Å². The second kappa shape index (κ2) is 13.9. The minimum Gasteiger partial charge on any atom is -0.355 e. The van der Waals surface area contributed by atoms with Crippen molar-refractivity contribution in [2.45, 2.75) is 46.2 Å². The zero-order valence-corrected chi connectivity index (χ0v) is 25.8. The smallest absolute Gasteiger partial charge is 0.272 e. The van der Waals surface area contributed by atoms with E-state index in [1.807, 2.05) is 30.1 Å². The van der Waals surface area contributed by atoms with Gasteiger partial charge in [-0.15, -0.1) is 11.3 Å². The Hall–Kier alpha value is -3.83. The first-order valence-corrected chi connectivity index (χ1v) is 15.0. The number of rotatable bonds is 12. The highest BCUT2D eigenvalue weighted by atomic mass is 32.1. The number of hydrogen-bond donors (Lipinski definition) is 1. The zero-order valence-electron chi connectivity index (χ0n) is 24.9. The molecule has 0 bridgehead atoms. The normalized spacial score (nSPS) is 12.6. The van der Waals surface area contributed by atoms with Gasteiger partial charge in [0.05, 0.1) is 13.1 Å². The van der Waals surface area contributed by atoms with Crippen LogP contribution in [0.4, 0.5) is 10.1 Å². The molecular weight excluding hydrogens is 555 g/mol. The number of aryl methyl sites for hydroxylation is 1. The summed E-state index contributed by atoms with van der Waals surface area (Å²) in [6.07, 6.45) is 2.98. The molecule has 42 heavy (non-hydrogen) atoms. The van der Waals surface area contributed by atoms with Crippen molar-refractivity contribution in [1.82, 2.24) is 25.2 Å². The minimum absolute atomic E-state index is 0.00364. The Morgan fingerprint density at radius 3 is 2.52 bits per heavy atom. The van der Waals surface area contributed by atoms with Crippen LogP contribution < -0.4 is 10.2 Å². The fourth-order valence-electron chi connectivity index (χ4n) is 4.86. The van der Waals surface area contributed by atoms with Crippen LogP contribution in [0.3, 0.4) is 0 Å². The number of nitrogens with one attached hydrogen (secondary N) is 1. The van der Waals surface area contributed by atoms with Gasteiger partial charge in [0.1, 0.15) is 16.5 Å². The van der Waals surface area contributed by atoms with Crippen molar-refractivity contribution in [2.24, 2.45) is 0 Å². The van der Waals surface area contributed by atoms with Gasteiger partial charge in [0.2, 0.25) is 5.91 Å². The average Bonchev–Trinajstić information content (AvgIpc) is 3.62. The molecule has 1 aliphatic rings. The van der Waals surface area contributed by atoms with Gasteiger partial charge in [-0.1, -0.05) is 38.0 Å². The Bertz CT molecular complexity index is 1440. The van der Waals surface area contributed by atoms with Gasteiger partial charge in [-0.05, 0) is 48.2 Å². The van der Waals surface area contributed by atoms with Crippen LogP contribution in [-0.4, -0.2) is 78.4 Å². The standard InChI is InChI=1S/C31H39FN6O3S/c1-6-7-8-13-33-28(39)18-37(19-29(40)36(5)38-16-23-11-12-25(32)14-24(23)17-38)27-15-22(10-9-21(27)2)30-34-26(20-42-30)31(41)35(3)4/h9-12,14-15,20H,6-8,13,16-19H2,1-5H3,(H,33,39). The number of carbonyl (C=O) groups is 3. The number of hydrogen-bond acceptors (Lipinski definition) is 7. The molecule has 3 aromatic rings. The van der Waals surface area contributed by atoms with Crippen LogP contribution in [0.5, 0.6) is 0 Å². The third-order valence-corrected chi connectivity index (χ3v) is 8.24. The van der Waals surface area contributed by atoms with Crippen molar-refractivity contribution in [3.63, 3.8) is 0 Å². The van der Waals surface area contributed by atoms with Crippen LogP contribution in [0.15, 0.2) is 41.8 Å². The average molecular weight is 595 g/mol. The van der Waals surface area contributed by atoms with Crippen LogP contribution in [0.2, 0.25) is 0 Å². The summed E-state index contributed by atoms with van der Waals surface area (Å²) in [5, 5.41) is 8.82. The minimum atomic E-state index is -0.297. The third-order valence-electron chi connectivity index (χ3n) is 7.35. The second-order valence-electron chi connectivity index (χ2n) is 10.8. The van der Waals surface area contributed by atoms with E-state index in [4.69, 9.17) is 0 Å². The number of hydrazine groups is 1. The van der Waals surface area contributed by atoms with E-state index >= 15 is 0 Å². The van der Waals surface area contributed by atoms with E-state index in [0.29, 0.717) is 30.3 Å². The number of amides is 3. The summed E-state index contributed by atoms with van der Waals surface area (Å²) in [6, 6.07) is 10.5. The number of aromatic nitrogens is 1. The first-order chi connectivity index (χ1) is 20.1. The van der Waals surface area contributed by atoms with Crippen molar-refractivity contribution >= 4 is 34.7 Å². The summed E-state index contributed by atoms with van der Waals surface area (Å²) in [4.78, 5) is 46.8.